The number of rotatable bonds is 6. The molecule has 150 valence electrons. The Labute approximate surface area is 165 Å². The van der Waals surface area contributed by atoms with Crippen LogP contribution in [0.25, 0.3) is 0 Å². The summed E-state index contributed by atoms with van der Waals surface area (Å²) in [6, 6.07) is 10.8. The topological polar surface area (TPSA) is 69.7 Å². The summed E-state index contributed by atoms with van der Waals surface area (Å²) in [5.74, 6) is -0.826. The van der Waals surface area contributed by atoms with Gasteiger partial charge in [-0.1, -0.05) is 18.2 Å². The van der Waals surface area contributed by atoms with E-state index in [1.54, 1.807) is 24.3 Å². The highest BCUT2D eigenvalue weighted by molar-refractivity contribution is 7.89. The molecular formula is C20H24FN3O3S. The second kappa shape index (κ2) is 8.28. The molecule has 1 amide bonds. The molecule has 0 unspecified atom stereocenters. The summed E-state index contributed by atoms with van der Waals surface area (Å²) in [4.78, 5) is 15.0. The normalized spacial score (nSPS) is 14.5. The molecular weight excluding hydrogens is 381 g/mol. The van der Waals surface area contributed by atoms with Crippen LogP contribution in [-0.4, -0.2) is 45.8 Å². The Morgan fingerprint density at radius 3 is 2.46 bits per heavy atom. The van der Waals surface area contributed by atoms with Gasteiger partial charge in [0, 0.05) is 45.0 Å². The molecule has 0 radical (unpaired) electrons. The van der Waals surface area contributed by atoms with Gasteiger partial charge in [0.1, 0.15) is 5.82 Å². The van der Waals surface area contributed by atoms with Gasteiger partial charge in [-0.25, -0.2) is 17.1 Å². The number of sulfonamides is 1. The van der Waals surface area contributed by atoms with Crippen molar-refractivity contribution < 1.29 is 17.6 Å². The van der Waals surface area contributed by atoms with Crippen molar-refractivity contribution in [2.24, 2.45) is 0 Å². The summed E-state index contributed by atoms with van der Waals surface area (Å²) in [6.07, 6.45) is 2.04. The van der Waals surface area contributed by atoms with Gasteiger partial charge < -0.3 is 10.2 Å². The van der Waals surface area contributed by atoms with Gasteiger partial charge in [0.25, 0.3) is 5.91 Å². The third-order valence-corrected chi connectivity index (χ3v) is 6.65. The molecule has 0 bridgehead atoms. The van der Waals surface area contributed by atoms with Gasteiger partial charge in [0.15, 0.2) is 0 Å². The average Bonchev–Trinajstić information content (AvgIpc) is 3.21. The fourth-order valence-corrected chi connectivity index (χ4v) is 4.14. The van der Waals surface area contributed by atoms with Crippen molar-refractivity contribution in [2.75, 3.05) is 32.1 Å². The third kappa shape index (κ3) is 4.18. The van der Waals surface area contributed by atoms with Crippen LogP contribution in [-0.2, 0) is 16.6 Å². The molecule has 1 aliphatic heterocycles. The van der Waals surface area contributed by atoms with Crippen molar-refractivity contribution >= 4 is 21.6 Å². The molecule has 0 spiro atoms. The summed E-state index contributed by atoms with van der Waals surface area (Å²) in [6.45, 7) is 1.65. The van der Waals surface area contributed by atoms with E-state index in [1.807, 2.05) is 0 Å². The van der Waals surface area contributed by atoms with Crippen molar-refractivity contribution in [3.8, 4) is 0 Å². The number of anilines is 1. The van der Waals surface area contributed by atoms with E-state index < -0.39 is 21.7 Å². The predicted octanol–water partition coefficient (Wildman–Crippen LogP) is 2.61. The van der Waals surface area contributed by atoms with Crippen molar-refractivity contribution in [3.63, 3.8) is 0 Å². The second-order valence-electron chi connectivity index (χ2n) is 6.93. The fourth-order valence-electron chi connectivity index (χ4n) is 3.21. The Morgan fingerprint density at radius 2 is 1.82 bits per heavy atom. The van der Waals surface area contributed by atoms with Gasteiger partial charge in [0.2, 0.25) is 10.0 Å². The average molecular weight is 405 g/mol. The van der Waals surface area contributed by atoms with E-state index in [0.717, 1.165) is 30.2 Å². The number of hydrogen-bond donors (Lipinski definition) is 1. The SMILES string of the molecule is CN(C)S(=O)(=O)c1ccc(N2CCCC2)c(C(=O)NCc2ccccc2F)c1. The lowest BCUT2D eigenvalue weighted by molar-refractivity contribution is 0.0951. The van der Waals surface area contributed by atoms with E-state index in [-0.39, 0.29) is 17.0 Å². The third-order valence-electron chi connectivity index (χ3n) is 4.84. The number of nitrogens with zero attached hydrogens (tertiary/aromatic N) is 2. The Morgan fingerprint density at radius 1 is 1.14 bits per heavy atom. The minimum Gasteiger partial charge on any atom is -0.371 e. The number of nitrogens with one attached hydrogen (secondary N) is 1. The maximum atomic E-state index is 13.8. The monoisotopic (exact) mass is 405 g/mol. The lowest BCUT2D eigenvalue weighted by Crippen LogP contribution is -2.28. The number of amides is 1. The first-order valence-electron chi connectivity index (χ1n) is 9.14. The second-order valence-corrected chi connectivity index (χ2v) is 9.09. The molecule has 0 saturated carbocycles. The standard InChI is InChI=1S/C20H24FN3O3S/c1-23(2)28(26,27)16-9-10-19(24-11-5-6-12-24)17(13-16)20(25)22-14-15-7-3-4-8-18(15)21/h3-4,7-10,13H,5-6,11-12,14H2,1-2H3,(H,22,25). The van der Waals surface area contributed by atoms with E-state index in [1.165, 1.54) is 32.3 Å². The number of carbonyl (C=O) groups excluding carboxylic acids is 1. The van der Waals surface area contributed by atoms with Gasteiger partial charge in [-0.15, -0.1) is 0 Å². The van der Waals surface area contributed by atoms with Crippen LogP contribution in [0, 0.1) is 5.82 Å². The molecule has 0 atom stereocenters. The molecule has 1 fully saturated rings. The highest BCUT2D eigenvalue weighted by Gasteiger charge is 2.24. The van der Waals surface area contributed by atoms with Gasteiger partial charge in [-0.05, 0) is 37.1 Å². The van der Waals surface area contributed by atoms with Crippen LogP contribution >= 0.6 is 0 Å². The molecule has 1 heterocycles. The van der Waals surface area contributed by atoms with Gasteiger partial charge in [-0.3, -0.25) is 4.79 Å². The smallest absolute Gasteiger partial charge is 0.253 e. The quantitative estimate of drug-likeness (QED) is 0.802. The van der Waals surface area contributed by atoms with Crippen molar-refractivity contribution in [1.29, 1.82) is 0 Å². The summed E-state index contributed by atoms with van der Waals surface area (Å²) in [5.41, 5.74) is 1.35. The predicted molar refractivity (Wildman–Crippen MR) is 106 cm³/mol. The molecule has 0 aliphatic carbocycles. The first-order valence-corrected chi connectivity index (χ1v) is 10.6. The van der Waals surface area contributed by atoms with Crippen LogP contribution in [0.2, 0.25) is 0 Å². The zero-order chi connectivity index (χ0) is 20.3. The highest BCUT2D eigenvalue weighted by atomic mass is 32.2. The molecule has 1 aliphatic rings. The van der Waals surface area contributed by atoms with Crippen LogP contribution in [0.15, 0.2) is 47.4 Å². The minimum atomic E-state index is -3.67. The summed E-state index contributed by atoms with van der Waals surface area (Å²) in [5, 5.41) is 2.71. The Kier molecular flexibility index (Phi) is 6.00. The zero-order valence-electron chi connectivity index (χ0n) is 16.0. The lowest BCUT2D eigenvalue weighted by atomic mass is 10.1. The number of benzene rings is 2. The van der Waals surface area contributed by atoms with Crippen LogP contribution in [0.4, 0.5) is 10.1 Å². The number of carbonyl (C=O) groups is 1. The van der Waals surface area contributed by atoms with Crippen LogP contribution in [0.3, 0.4) is 0 Å². The van der Waals surface area contributed by atoms with E-state index in [9.17, 15) is 17.6 Å². The lowest BCUT2D eigenvalue weighted by Gasteiger charge is -2.22. The maximum absolute atomic E-state index is 13.8. The molecule has 1 saturated heterocycles. The Hall–Kier alpha value is -2.45. The summed E-state index contributed by atoms with van der Waals surface area (Å²) in [7, 11) is -0.780. The molecule has 28 heavy (non-hydrogen) atoms. The first-order chi connectivity index (χ1) is 13.3. The first kappa shape index (κ1) is 20.3. The zero-order valence-corrected chi connectivity index (χ0v) is 16.8. The molecule has 2 aromatic carbocycles. The molecule has 2 aromatic rings. The molecule has 8 heteroatoms. The summed E-state index contributed by atoms with van der Waals surface area (Å²) < 4.78 is 39.9. The Bertz CT molecular complexity index is 970. The van der Waals surface area contributed by atoms with E-state index in [4.69, 9.17) is 0 Å². The Balaban J connectivity index is 1.93. The van der Waals surface area contributed by atoms with Gasteiger partial charge in [-0.2, -0.15) is 0 Å². The van der Waals surface area contributed by atoms with E-state index in [0.29, 0.717) is 11.3 Å². The minimum absolute atomic E-state index is 0.0234. The van der Waals surface area contributed by atoms with Gasteiger partial charge >= 0.3 is 0 Å². The molecule has 3 rings (SSSR count). The van der Waals surface area contributed by atoms with E-state index in [2.05, 4.69) is 10.2 Å². The largest absolute Gasteiger partial charge is 0.371 e. The maximum Gasteiger partial charge on any atom is 0.253 e. The van der Waals surface area contributed by atoms with Crippen molar-refractivity contribution in [2.45, 2.75) is 24.3 Å². The molecule has 6 nitrogen and oxygen atoms in total. The highest BCUT2D eigenvalue weighted by Crippen LogP contribution is 2.28. The number of halogens is 1. The number of hydrogen-bond acceptors (Lipinski definition) is 4. The van der Waals surface area contributed by atoms with Gasteiger partial charge in [0.05, 0.1) is 10.5 Å². The fraction of sp³-hybridized carbons (Fsp3) is 0.350. The van der Waals surface area contributed by atoms with Crippen LogP contribution in [0.5, 0.6) is 0 Å². The molecule has 1 N–H and O–H groups in total. The van der Waals surface area contributed by atoms with Crippen molar-refractivity contribution in [3.05, 3.63) is 59.4 Å². The summed E-state index contributed by atoms with van der Waals surface area (Å²) >= 11 is 0. The van der Waals surface area contributed by atoms with Crippen molar-refractivity contribution in [1.82, 2.24) is 9.62 Å². The molecule has 0 aromatic heterocycles. The van der Waals surface area contributed by atoms with E-state index >= 15 is 0 Å². The van der Waals surface area contributed by atoms with Crippen LogP contribution in [0.1, 0.15) is 28.8 Å². The van der Waals surface area contributed by atoms with Crippen LogP contribution < -0.4 is 10.2 Å².